The SMILES string of the molecule is CC1C2C13C21C32C13C21C32C13C21C24C56C78C9%10C%11%12CC%11C%129C%107C85C62C314. The van der Waals surface area contributed by atoms with E-state index in [0.717, 1.165) is 10.8 Å². The van der Waals surface area contributed by atoms with Gasteiger partial charge in [0.1, 0.15) is 0 Å². The summed E-state index contributed by atoms with van der Waals surface area (Å²) < 4.78 is 0. The average molecular weight is 284 g/mol. The molecule has 0 saturated heterocycles. The molecule has 0 aromatic rings. The zero-order valence-electron chi connectivity index (χ0n) is 12.4. The van der Waals surface area contributed by atoms with Gasteiger partial charge in [-0.3, -0.25) is 0 Å². The largest absolute Gasteiger partial charge is 0.0616 e. The summed E-state index contributed by atoms with van der Waals surface area (Å²) in [5.74, 6) is 3.97. The van der Waals surface area contributed by atoms with Gasteiger partial charge in [-0.25, -0.2) is 0 Å². The minimum atomic E-state index is 1.12. The predicted octanol–water partition coefficient (Wildman–Crippen LogP) is 1.27. The van der Waals surface area contributed by atoms with Gasteiger partial charge in [0.25, 0.3) is 0 Å². The molecule has 0 heterocycles. The molecule has 20 rings (SSSR count). The molecule has 20 saturated carbocycles. The van der Waals surface area contributed by atoms with E-state index in [2.05, 4.69) is 6.92 Å². The van der Waals surface area contributed by atoms with Crippen LogP contribution < -0.4 is 0 Å². The molecule has 20 aliphatic carbocycles. The highest BCUT2D eigenvalue weighted by Crippen LogP contribution is 3.93. The van der Waals surface area contributed by atoms with E-state index in [4.69, 9.17) is 0 Å². The van der Waals surface area contributed by atoms with Crippen LogP contribution in [0.1, 0.15) is 13.3 Å². The van der Waals surface area contributed by atoms with Gasteiger partial charge < -0.3 is 0 Å². The zero-order valence-corrected chi connectivity index (χ0v) is 12.4. The fraction of sp³-hybridized carbons (Fsp3) is 1.00. The molecule has 100 valence electrons. The van der Waals surface area contributed by atoms with Crippen molar-refractivity contribution in [2.24, 2.45) is 115 Å². The Morgan fingerprint density at radius 2 is 1.09 bits per heavy atom. The van der Waals surface area contributed by atoms with E-state index in [1.54, 1.807) is 6.42 Å². The molecule has 0 nitrogen and oxygen atoms in total. The maximum absolute atomic E-state index is 2.63. The third-order valence-electron chi connectivity index (χ3n) is 21.5. The highest BCUT2D eigenvalue weighted by molar-refractivity contribution is 6.36. The molecule has 18 spiro atoms. The van der Waals surface area contributed by atoms with Crippen LogP contribution in [0.4, 0.5) is 0 Å². The first-order valence-corrected chi connectivity index (χ1v) is 11.4. The standard InChI is InChI=1S/C23H8/c1-3-5-7(3)9(5)11(7)13(9)15(11)17(13)19(15)21(17)22-18-14-10-6-2-4(6)8(6,10)12(10,14)16(14,18)20(18,22)23(19,21)22/h3-5H,2H2,1H3. The quantitative estimate of drug-likeness (QED) is 0.628. The van der Waals surface area contributed by atoms with Crippen molar-refractivity contribution in [2.45, 2.75) is 13.3 Å². The Balaban J connectivity index is 0.952. The van der Waals surface area contributed by atoms with Gasteiger partial charge in [0.2, 0.25) is 0 Å². The van der Waals surface area contributed by atoms with Crippen LogP contribution in [-0.2, 0) is 0 Å². The second-order valence-electron chi connectivity index (χ2n) is 16.0. The van der Waals surface area contributed by atoms with Crippen LogP contribution in [0.15, 0.2) is 0 Å². The highest BCUT2D eigenvalue weighted by Gasteiger charge is 3.93. The molecule has 0 aromatic heterocycles. The monoisotopic (exact) mass is 284 g/mol. The molecular formula is C23H8. The number of rotatable bonds is 0. The average Bonchev–Trinajstić information content (AvgIpc) is 3.14. The van der Waals surface area contributed by atoms with Crippen molar-refractivity contribution in [3.8, 4) is 0 Å². The summed E-state index contributed by atoms with van der Waals surface area (Å²) in [5, 5.41) is 0. The van der Waals surface area contributed by atoms with Crippen LogP contribution in [0.5, 0.6) is 0 Å². The molecule has 0 amide bonds. The van der Waals surface area contributed by atoms with Gasteiger partial charge in [0.05, 0.1) is 0 Å². The lowest BCUT2D eigenvalue weighted by molar-refractivity contribution is 0.240. The third kappa shape index (κ3) is 0.100. The molecule has 0 heteroatoms. The second kappa shape index (κ2) is 0.697. The fourth-order valence-electron chi connectivity index (χ4n) is 25.6. The lowest BCUT2D eigenvalue weighted by Crippen LogP contribution is -2.19. The van der Waals surface area contributed by atoms with E-state index in [1.807, 2.05) is 0 Å². The maximum atomic E-state index is 2.63. The topological polar surface area (TPSA) is 0 Å². The summed E-state index contributed by atoms with van der Waals surface area (Å²) in [7, 11) is 0. The summed E-state index contributed by atoms with van der Waals surface area (Å²) in [5.41, 5.74) is 21.6. The first-order valence-electron chi connectivity index (χ1n) is 11.4. The zero-order chi connectivity index (χ0) is 12.4. The molecule has 0 N–H and O–H groups in total. The van der Waals surface area contributed by atoms with E-state index >= 15 is 0 Å². The summed E-state index contributed by atoms with van der Waals surface area (Å²) in [6.07, 6.45) is 1.76. The molecule has 21 atom stereocenters. The van der Waals surface area contributed by atoms with E-state index in [0.29, 0.717) is 0 Å². The van der Waals surface area contributed by atoms with E-state index in [9.17, 15) is 0 Å². The minimum Gasteiger partial charge on any atom is -0.0616 e. The summed E-state index contributed by atoms with van der Waals surface area (Å²) in [4.78, 5) is 0. The third-order valence-corrected chi connectivity index (χ3v) is 21.5. The number of hydrogen-bond donors (Lipinski definition) is 0. The molecule has 23 heavy (non-hydrogen) atoms. The normalized spacial score (nSPS) is 166. The Morgan fingerprint density at radius 1 is 0.565 bits per heavy atom. The Kier molecular flexibility index (Phi) is 0.191. The molecule has 0 aliphatic heterocycles. The van der Waals surface area contributed by atoms with Gasteiger partial charge in [-0.2, -0.15) is 0 Å². The van der Waals surface area contributed by atoms with Crippen molar-refractivity contribution in [3.63, 3.8) is 0 Å². The first kappa shape index (κ1) is 6.31. The lowest BCUT2D eigenvalue weighted by atomic mass is 9.82. The van der Waals surface area contributed by atoms with Gasteiger partial charge >= 0.3 is 0 Å². The van der Waals surface area contributed by atoms with E-state index < -0.39 is 0 Å². The number of hydrogen-bond acceptors (Lipinski definition) is 0. The first-order chi connectivity index (χ1) is 11.4. The molecule has 20 fully saturated rings. The molecule has 0 bridgehead atoms. The van der Waals surface area contributed by atoms with Crippen molar-refractivity contribution in [1.82, 2.24) is 0 Å². The predicted molar refractivity (Wildman–Crippen MR) is 64.6 cm³/mol. The molecule has 21 unspecified atom stereocenters. The van der Waals surface area contributed by atoms with Crippen LogP contribution >= 0.6 is 0 Å². The van der Waals surface area contributed by atoms with Crippen LogP contribution in [0.25, 0.3) is 0 Å². The Bertz CT molecular complexity index is 1610. The molecule has 0 radical (unpaired) electrons. The van der Waals surface area contributed by atoms with Gasteiger partial charge in [0.15, 0.2) is 0 Å². The maximum Gasteiger partial charge on any atom is -0.0000000111 e. The van der Waals surface area contributed by atoms with Crippen LogP contribution in [-0.4, -0.2) is 0 Å². The van der Waals surface area contributed by atoms with Gasteiger partial charge in [-0.05, 0) is 122 Å². The minimum absolute atomic E-state index is 1.12. The Morgan fingerprint density at radius 3 is 1.65 bits per heavy atom. The van der Waals surface area contributed by atoms with Crippen molar-refractivity contribution in [1.29, 1.82) is 0 Å². The summed E-state index contributed by atoms with van der Waals surface area (Å²) in [6.45, 7) is 2.63. The van der Waals surface area contributed by atoms with Gasteiger partial charge in [-0.15, -0.1) is 0 Å². The van der Waals surface area contributed by atoms with Crippen LogP contribution in [0.3, 0.4) is 0 Å². The van der Waals surface area contributed by atoms with Crippen LogP contribution in [0, 0.1) is 115 Å². The van der Waals surface area contributed by atoms with Gasteiger partial charge in [-0.1, -0.05) is 6.92 Å². The second-order valence-corrected chi connectivity index (χ2v) is 16.0. The van der Waals surface area contributed by atoms with E-state index in [1.165, 1.54) is 104 Å². The van der Waals surface area contributed by atoms with E-state index in [-0.39, 0.29) is 0 Å². The molecule has 20 aliphatic rings. The summed E-state index contributed by atoms with van der Waals surface area (Å²) in [6, 6.07) is 0. The fourth-order valence-corrected chi connectivity index (χ4v) is 25.6. The molecular weight excluding hydrogens is 276 g/mol. The van der Waals surface area contributed by atoms with Crippen molar-refractivity contribution in [2.75, 3.05) is 0 Å². The Labute approximate surface area is 129 Å². The van der Waals surface area contributed by atoms with Crippen molar-refractivity contribution in [3.05, 3.63) is 0 Å². The van der Waals surface area contributed by atoms with Crippen molar-refractivity contribution < 1.29 is 0 Å². The molecule has 0 aromatic carbocycles. The lowest BCUT2D eigenvalue weighted by Gasteiger charge is -2.20. The Hall–Kier alpha value is 0. The summed E-state index contributed by atoms with van der Waals surface area (Å²) >= 11 is 0. The van der Waals surface area contributed by atoms with Crippen molar-refractivity contribution >= 4 is 0 Å². The highest BCUT2D eigenvalue weighted by atomic mass is 15.9. The van der Waals surface area contributed by atoms with Crippen LogP contribution in [0.2, 0.25) is 0 Å². The van der Waals surface area contributed by atoms with Gasteiger partial charge in [0, 0.05) is 0 Å². The smallest absolute Gasteiger partial charge is 0.0000000111 e.